The first-order chi connectivity index (χ1) is 15.8. The van der Waals surface area contributed by atoms with E-state index in [1.165, 1.54) is 44.9 Å². The zero-order chi connectivity index (χ0) is 24.9. The molecule has 1 aromatic heterocycles. The number of rotatable bonds is 17. The van der Waals surface area contributed by atoms with E-state index in [1.807, 2.05) is 0 Å². The molecule has 0 radical (unpaired) electrons. The van der Waals surface area contributed by atoms with Gasteiger partial charge in [-0.15, -0.1) is 0 Å². The van der Waals surface area contributed by atoms with Crippen molar-refractivity contribution in [3.8, 4) is 0 Å². The van der Waals surface area contributed by atoms with Crippen LogP contribution in [0.15, 0.2) is 12.5 Å². The Kier molecular flexibility index (Phi) is 18.7. The van der Waals surface area contributed by atoms with E-state index in [1.54, 1.807) is 19.4 Å². The number of esters is 1. The van der Waals surface area contributed by atoms with E-state index in [0.717, 1.165) is 18.5 Å². The highest BCUT2D eigenvalue weighted by molar-refractivity contribution is 5.84. The fourth-order valence-electron chi connectivity index (χ4n) is 2.99. The molecule has 0 bridgehead atoms. The minimum atomic E-state index is -1.63. The molecule has 0 aliphatic carbocycles. The van der Waals surface area contributed by atoms with E-state index in [9.17, 15) is 14.4 Å². The van der Waals surface area contributed by atoms with Gasteiger partial charge >= 0.3 is 11.9 Å². The molecule has 5 N–H and O–H groups in total. The van der Waals surface area contributed by atoms with Gasteiger partial charge in [0.05, 0.1) is 19.5 Å². The summed E-state index contributed by atoms with van der Waals surface area (Å²) in [6.45, 7) is 3.56. The highest BCUT2D eigenvalue weighted by Gasteiger charge is 2.22. The van der Waals surface area contributed by atoms with Crippen molar-refractivity contribution in [1.29, 1.82) is 0 Å². The predicted molar refractivity (Wildman–Crippen MR) is 123 cm³/mol. The number of H-pyrrole nitrogens is 1. The number of carbonyl (C=O) groups is 3. The number of carboxylic acid groups (broad SMARTS) is 1. The third kappa shape index (κ3) is 16.8. The highest BCUT2D eigenvalue weighted by atomic mass is 16.5. The van der Waals surface area contributed by atoms with Crippen molar-refractivity contribution in [3.05, 3.63) is 18.2 Å². The summed E-state index contributed by atoms with van der Waals surface area (Å²) in [5.41, 5.74) is 0.798. The number of aliphatic carboxylic acids is 1. The monoisotopic (exact) mass is 471 g/mol. The van der Waals surface area contributed by atoms with Crippen molar-refractivity contribution in [2.24, 2.45) is 0 Å². The number of carbonyl (C=O) groups excluding carboxylic acids is 2. The summed E-state index contributed by atoms with van der Waals surface area (Å²) in [7, 11) is 0. The van der Waals surface area contributed by atoms with Gasteiger partial charge in [-0.1, -0.05) is 58.3 Å². The van der Waals surface area contributed by atoms with Crippen LogP contribution in [0.2, 0.25) is 0 Å². The maximum atomic E-state index is 12.2. The lowest BCUT2D eigenvalue weighted by atomic mass is 10.1. The summed E-state index contributed by atoms with van der Waals surface area (Å²) in [5, 5.41) is 26.5. The SMILES string of the molecule is CCCCCCCCCCCC(=O)N[C@@H](Cc1cnc[nH]1)C(=O)OCC.O=C(O)C(O)CO. The third-order valence-electron chi connectivity index (χ3n) is 4.85. The number of unbranched alkanes of at least 4 members (excludes halogenated alkanes) is 8. The van der Waals surface area contributed by atoms with Gasteiger partial charge in [0.15, 0.2) is 6.10 Å². The van der Waals surface area contributed by atoms with Gasteiger partial charge in [0.1, 0.15) is 6.04 Å². The van der Waals surface area contributed by atoms with E-state index >= 15 is 0 Å². The molecule has 0 saturated heterocycles. The number of aliphatic hydroxyl groups excluding tert-OH is 2. The van der Waals surface area contributed by atoms with Crippen molar-refractivity contribution in [2.75, 3.05) is 13.2 Å². The number of aromatic amines is 1. The average Bonchev–Trinajstić information content (AvgIpc) is 3.30. The van der Waals surface area contributed by atoms with Crippen molar-refractivity contribution in [2.45, 2.75) is 96.6 Å². The highest BCUT2D eigenvalue weighted by Crippen LogP contribution is 2.10. The van der Waals surface area contributed by atoms with Crippen molar-refractivity contribution < 1.29 is 34.4 Å². The molecule has 0 aliphatic rings. The number of amides is 1. The maximum absolute atomic E-state index is 12.2. The van der Waals surface area contributed by atoms with Crippen LogP contribution in [0, 0.1) is 0 Å². The molecule has 10 heteroatoms. The van der Waals surface area contributed by atoms with Gasteiger partial charge < -0.3 is 30.4 Å². The molecule has 190 valence electrons. The largest absolute Gasteiger partial charge is 0.479 e. The van der Waals surface area contributed by atoms with Crippen LogP contribution in [0.25, 0.3) is 0 Å². The molecule has 1 amide bonds. The number of ether oxygens (including phenoxy) is 1. The van der Waals surface area contributed by atoms with Gasteiger partial charge in [0, 0.05) is 24.7 Å². The van der Waals surface area contributed by atoms with Gasteiger partial charge in [-0.05, 0) is 13.3 Å². The number of imidazole rings is 1. The van der Waals surface area contributed by atoms with Gasteiger partial charge in [-0.25, -0.2) is 14.6 Å². The molecule has 2 atom stereocenters. The molecule has 1 aromatic rings. The second kappa shape index (κ2) is 20.2. The molecule has 0 spiro atoms. The quantitative estimate of drug-likeness (QED) is 0.171. The predicted octanol–water partition coefficient (Wildman–Crippen LogP) is 2.35. The zero-order valence-corrected chi connectivity index (χ0v) is 19.9. The number of aliphatic hydroxyl groups is 2. The molecule has 33 heavy (non-hydrogen) atoms. The lowest BCUT2D eigenvalue weighted by Gasteiger charge is -2.16. The smallest absolute Gasteiger partial charge is 0.334 e. The Labute approximate surface area is 196 Å². The van der Waals surface area contributed by atoms with Crippen LogP contribution in [-0.4, -0.2) is 68.5 Å². The minimum absolute atomic E-state index is 0.0921. The number of carboxylic acids is 1. The molecule has 1 heterocycles. The molecule has 1 rings (SSSR count). The van der Waals surface area contributed by atoms with Crippen LogP contribution in [0.5, 0.6) is 0 Å². The number of hydrogen-bond donors (Lipinski definition) is 5. The van der Waals surface area contributed by atoms with E-state index in [0.29, 0.717) is 19.4 Å². The fraction of sp³-hybridized carbons (Fsp3) is 0.739. The molecule has 0 aliphatic heterocycles. The lowest BCUT2D eigenvalue weighted by molar-refractivity contribution is -0.148. The first kappa shape index (κ1) is 30.5. The van der Waals surface area contributed by atoms with Crippen LogP contribution < -0.4 is 5.32 Å². The molecule has 10 nitrogen and oxygen atoms in total. The summed E-state index contributed by atoms with van der Waals surface area (Å²) in [6, 6.07) is -0.665. The Morgan fingerprint density at radius 3 is 2.12 bits per heavy atom. The van der Waals surface area contributed by atoms with Crippen molar-refractivity contribution in [3.63, 3.8) is 0 Å². The summed E-state index contributed by atoms with van der Waals surface area (Å²) in [5.74, 6) is -1.89. The summed E-state index contributed by atoms with van der Waals surface area (Å²) in [6.07, 6.45) is 13.3. The van der Waals surface area contributed by atoms with E-state index < -0.39 is 30.7 Å². The van der Waals surface area contributed by atoms with Gasteiger partial charge in [0.2, 0.25) is 5.91 Å². The van der Waals surface area contributed by atoms with E-state index in [-0.39, 0.29) is 5.91 Å². The van der Waals surface area contributed by atoms with Gasteiger partial charge in [-0.3, -0.25) is 4.79 Å². The van der Waals surface area contributed by atoms with Crippen molar-refractivity contribution >= 4 is 17.8 Å². The van der Waals surface area contributed by atoms with Crippen LogP contribution in [-0.2, 0) is 25.5 Å². The molecule has 0 aromatic carbocycles. The number of nitrogens with zero attached hydrogens (tertiary/aromatic N) is 1. The molecule has 0 saturated carbocycles. The topological polar surface area (TPSA) is 162 Å². The van der Waals surface area contributed by atoms with Gasteiger partial charge in [0.25, 0.3) is 0 Å². The molecular weight excluding hydrogens is 430 g/mol. The summed E-state index contributed by atoms with van der Waals surface area (Å²) in [4.78, 5) is 40.6. The third-order valence-corrected chi connectivity index (χ3v) is 4.85. The van der Waals surface area contributed by atoms with Crippen LogP contribution in [0.4, 0.5) is 0 Å². The first-order valence-electron chi connectivity index (χ1n) is 11.8. The Morgan fingerprint density at radius 1 is 1.06 bits per heavy atom. The lowest BCUT2D eigenvalue weighted by Crippen LogP contribution is -2.43. The van der Waals surface area contributed by atoms with Gasteiger partial charge in [-0.2, -0.15) is 0 Å². The number of aromatic nitrogens is 2. The summed E-state index contributed by atoms with van der Waals surface area (Å²) < 4.78 is 5.06. The Morgan fingerprint density at radius 2 is 1.67 bits per heavy atom. The fourth-order valence-corrected chi connectivity index (χ4v) is 2.99. The first-order valence-corrected chi connectivity index (χ1v) is 11.8. The standard InChI is InChI=1S/C20H35N3O3.C3H6O4/c1-3-5-6-7-8-9-10-11-12-13-19(24)23-18(20(25)26-4-2)14-17-15-21-16-22-17;4-1-2(5)3(6)7/h15-16,18H,3-14H2,1-2H3,(H,21,22)(H,23,24);2,4-5H,1H2,(H,6,7)/t18-;/m0./s1. The second-order valence-electron chi connectivity index (χ2n) is 7.77. The second-order valence-corrected chi connectivity index (χ2v) is 7.77. The molecular formula is C23H41N3O7. The molecule has 1 unspecified atom stereocenters. The van der Waals surface area contributed by atoms with Crippen LogP contribution >= 0.6 is 0 Å². The molecule has 0 fully saturated rings. The zero-order valence-electron chi connectivity index (χ0n) is 19.9. The van der Waals surface area contributed by atoms with E-state index in [2.05, 4.69) is 22.2 Å². The summed E-state index contributed by atoms with van der Waals surface area (Å²) >= 11 is 0. The average molecular weight is 472 g/mol. The number of nitrogens with one attached hydrogen (secondary N) is 2. The normalized spacial score (nSPS) is 12.2. The Hall–Kier alpha value is -2.46. The van der Waals surface area contributed by atoms with Crippen LogP contribution in [0.1, 0.15) is 83.7 Å². The maximum Gasteiger partial charge on any atom is 0.334 e. The Bertz CT molecular complexity index is 638. The Balaban J connectivity index is 0.00000126. The van der Waals surface area contributed by atoms with Crippen LogP contribution in [0.3, 0.4) is 0 Å². The number of hydrogen-bond acceptors (Lipinski definition) is 7. The minimum Gasteiger partial charge on any atom is -0.479 e. The van der Waals surface area contributed by atoms with Crippen molar-refractivity contribution in [1.82, 2.24) is 15.3 Å². The van der Waals surface area contributed by atoms with E-state index in [4.69, 9.17) is 20.1 Å².